The van der Waals surface area contributed by atoms with E-state index in [-0.39, 0.29) is 12.4 Å². The maximum atomic E-state index is 11.1. The Hall–Kier alpha value is -2.04. The van der Waals surface area contributed by atoms with Gasteiger partial charge in [0.15, 0.2) is 0 Å². The van der Waals surface area contributed by atoms with Crippen LogP contribution in [0.25, 0.3) is 0 Å². The molecule has 0 atom stereocenters. The van der Waals surface area contributed by atoms with Crippen molar-refractivity contribution >= 4 is 18.4 Å². The molecule has 2 rings (SSSR count). The van der Waals surface area contributed by atoms with E-state index in [9.17, 15) is 4.79 Å². The standard InChI is InChI=1S/C17H19NO3.ClH/c1-21-16-9-5-3-6-13(16)10-11-18-12-14-7-2-4-8-15(14)17(19)20;/h2-9,18H,10-12H2,1H3,(H,19,20);1H. The number of halogens is 1. The third-order valence-corrected chi connectivity index (χ3v) is 3.33. The van der Waals surface area contributed by atoms with Gasteiger partial charge in [0.2, 0.25) is 0 Å². The molecule has 0 bridgehead atoms. The average Bonchev–Trinajstić information content (AvgIpc) is 2.52. The molecule has 0 aliphatic carbocycles. The van der Waals surface area contributed by atoms with E-state index in [4.69, 9.17) is 9.84 Å². The number of para-hydroxylation sites is 1. The zero-order chi connectivity index (χ0) is 15.1. The van der Waals surface area contributed by atoms with Crippen molar-refractivity contribution in [1.29, 1.82) is 0 Å². The fourth-order valence-corrected chi connectivity index (χ4v) is 2.24. The first-order chi connectivity index (χ1) is 10.2. The number of carboxylic acid groups (broad SMARTS) is 1. The first-order valence-electron chi connectivity index (χ1n) is 6.86. The Kier molecular flexibility index (Phi) is 7.43. The SMILES string of the molecule is COc1ccccc1CCNCc1ccccc1C(=O)O.Cl. The highest BCUT2D eigenvalue weighted by Gasteiger charge is 2.08. The molecule has 0 spiro atoms. The number of hydrogen-bond donors (Lipinski definition) is 2. The summed E-state index contributed by atoms with van der Waals surface area (Å²) in [6.45, 7) is 1.30. The molecule has 2 aromatic rings. The Labute approximate surface area is 136 Å². The van der Waals surface area contributed by atoms with Gasteiger partial charge in [-0.15, -0.1) is 12.4 Å². The molecule has 0 heterocycles. The predicted octanol–water partition coefficient (Wildman–Crippen LogP) is 3.15. The molecule has 0 amide bonds. The largest absolute Gasteiger partial charge is 0.496 e. The maximum absolute atomic E-state index is 11.1. The van der Waals surface area contributed by atoms with Gasteiger partial charge in [-0.1, -0.05) is 36.4 Å². The smallest absolute Gasteiger partial charge is 0.336 e. The third kappa shape index (κ3) is 4.76. The third-order valence-electron chi connectivity index (χ3n) is 3.33. The molecule has 4 nitrogen and oxygen atoms in total. The Morgan fingerprint density at radius 1 is 1.09 bits per heavy atom. The number of ether oxygens (including phenoxy) is 1. The molecule has 118 valence electrons. The molecule has 0 unspecified atom stereocenters. The van der Waals surface area contributed by atoms with Crippen LogP contribution in [0.1, 0.15) is 21.5 Å². The van der Waals surface area contributed by atoms with Crippen molar-refractivity contribution in [2.75, 3.05) is 13.7 Å². The van der Waals surface area contributed by atoms with E-state index >= 15 is 0 Å². The number of methoxy groups -OCH3 is 1. The van der Waals surface area contributed by atoms with Crippen molar-refractivity contribution in [3.05, 3.63) is 65.2 Å². The molecular weight excluding hydrogens is 302 g/mol. The van der Waals surface area contributed by atoms with Gasteiger partial charge in [0.1, 0.15) is 5.75 Å². The Morgan fingerprint density at radius 3 is 2.41 bits per heavy atom. The van der Waals surface area contributed by atoms with Crippen LogP contribution in [0.4, 0.5) is 0 Å². The lowest BCUT2D eigenvalue weighted by Gasteiger charge is -2.10. The zero-order valence-corrected chi connectivity index (χ0v) is 13.2. The monoisotopic (exact) mass is 321 g/mol. The normalized spacial score (nSPS) is 9.86. The highest BCUT2D eigenvalue weighted by molar-refractivity contribution is 5.89. The molecule has 0 aromatic heterocycles. The number of carbonyl (C=O) groups is 1. The van der Waals surface area contributed by atoms with E-state index in [2.05, 4.69) is 5.32 Å². The van der Waals surface area contributed by atoms with Crippen LogP contribution < -0.4 is 10.1 Å². The predicted molar refractivity (Wildman–Crippen MR) is 89.1 cm³/mol. The summed E-state index contributed by atoms with van der Waals surface area (Å²) in [6, 6.07) is 14.9. The van der Waals surface area contributed by atoms with Crippen LogP contribution in [0.3, 0.4) is 0 Å². The molecule has 0 fully saturated rings. The van der Waals surface area contributed by atoms with Gasteiger partial charge in [-0.2, -0.15) is 0 Å². The van der Waals surface area contributed by atoms with Gasteiger partial charge >= 0.3 is 5.97 Å². The summed E-state index contributed by atoms with van der Waals surface area (Å²) in [7, 11) is 1.66. The van der Waals surface area contributed by atoms with Gasteiger partial charge in [0.05, 0.1) is 12.7 Å². The lowest BCUT2D eigenvalue weighted by Crippen LogP contribution is -2.18. The molecular formula is C17H20ClNO3. The summed E-state index contributed by atoms with van der Waals surface area (Å²) in [4.78, 5) is 11.1. The van der Waals surface area contributed by atoms with Crippen LogP contribution in [0, 0.1) is 0 Å². The van der Waals surface area contributed by atoms with Gasteiger partial charge in [-0.3, -0.25) is 0 Å². The Bertz CT molecular complexity index is 616. The van der Waals surface area contributed by atoms with Crippen molar-refractivity contribution in [3.8, 4) is 5.75 Å². The molecule has 22 heavy (non-hydrogen) atoms. The molecule has 0 saturated carbocycles. The van der Waals surface area contributed by atoms with Crippen LogP contribution in [0.5, 0.6) is 5.75 Å². The Morgan fingerprint density at radius 2 is 1.73 bits per heavy atom. The van der Waals surface area contributed by atoms with Crippen molar-refractivity contribution in [2.45, 2.75) is 13.0 Å². The second-order valence-corrected chi connectivity index (χ2v) is 4.70. The van der Waals surface area contributed by atoms with Crippen LogP contribution >= 0.6 is 12.4 Å². The second-order valence-electron chi connectivity index (χ2n) is 4.70. The number of nitrogens with one attached hydrogen (secondary N) is 1. The minimum absolute atomic E-state index is 0. The molecule has 2 aromatic carbocycles. The number of benzene rings is 2. The van der Waals surface area contributed by atoms with Crippen molar-refractivity contribution in [2.24, 2.45) is 0 Å². The molecule has 0 radical (unpaired) electrons. The fraction of sp³-hybridized carbons (Fsp3) is 0.235. The van der Waals surface area contributed by atoms with E-state index in [0.29, 0.717) is 12.1 Å². The van der Waals surface area contributed by atoms with Gasteiger partial charge in [-0.05, 0) is 36.2 Å². The topological polar surface area (TPSA) is 58.6 Å². The van der Waals surface area contributed by atoms with Crippen LogP contribution in [-0.4, -0.2) is 24.7 Å². The van der Waals surface area contributed by atoms with Gasteiger partial charge in [0, 0.05) is 6.54 Å². The minimum atomic E-state index is -0.892. The maximum Gasteiger partial charge on any atom is 0.336 e. The van der Waals surface area contributed by atoms with Crippen molar-refractivity contribution in [3.63, 3.8) is 0 Å². The lowest BCUT2D eigenvalue weighted by atomic mass is 10.1. The zero-order valence-electron chi connectivity index (χ0n) is 12.4. The molecule has 0 aliphatic rings. The first kappa shape index (κ1) is 18.0. The summed E-state index contributed by atoms with van der Waals surface area (Å²) in [6.07, 6.45) is 0.833. The van der Waals surface area contributed by atoms with Crippen LogP contribution in [0.15, 0.2) is 48.5 Å². The quantitative estimate of drug-likeness (QED) is 0.769. The van der Waals surface area contributed by atoms with E-state index < -0.39 is 5.97 Å². The summed E-state index contributed by atoms with van der Waals surface area (Å²) in [5.41, 5.74) is 2.28. The fourth-order valence-electron chi connectivity index (χ4n) is 2.24. The highest BCUT2D eigenvalue weighted by Crippen LogP contribution is 2.17. The van der Waals surface area contributed by atoms with Crippen molar-refractivity contribution in [1.82, 2.24) is 5.32 Å². The first-order valence-corrected chi connectivity index (χ1v) is 6.86. The van der Waals surface area contributed by atoms with E-state index in [1.807, 2.05) is 36.4 Å². The van der Waals surface area contributed by atoms with Crippen LogP contribution in [0.2, 0.25) is 0 Å². The van der Waals surface area contributed by atoms with Crippen LogP contribution in [-0.2, 0) is 13.0 Å². The Balaban J connectivity index is 0.00000242. The summed E-state index contributed by atoms with van der Waals surface area (Å²) < 4.78 is 5.31. The van der Waals surface area contributed by atoms with Gasteiger partial charge < -0.3 is 15.2 Å². The summed E-state index contributed by atoms with van der Waals surface area (Å²) in [5, 5.41) is 12.4. The van der Waals surface area contributed by atoms with E-state index in [1.54, 1.807) is 19.2 Å². The number of aromatic carboxylic acids is 1. The van der Waals surface area contributed by atoms with E-state index in [1.165, 1.54) is 0 Å². The van der Waals surface area contributed by atoms with Gasteiger partial charge in [-0.25, -0.2) is 4.79 Å². The number of hydrogen-bond acceptors (Lipinski definition) is 3. The minimum Gasteiger partial charge on any atom is -0.496 e. The molecule has 2 N–H and O–H groups in total. The number of rotatable bonds is 7. The van der Waals surface area contributed by atoms with E-state index in [0.717, 1.165) is 29.8 Å². The average molecular weight is 322 g/mol. The molecule has 0 saturated heterocycles. The molecule has 0 aliphatic heterocycles. The second kappa shape index (κ2) is 9.07. The highest BCUT2D eigenvalue weighted by atomic mass is 35.5. The van der Waals surface area contributed by atoms with Gasteiger partial charge in [0.25, 0.3) is 0 Å². The number of carboxylic acids is 1. The lowest BCUT2D eigenvalue weighted by molar-refractivity contribution is 0.0695. The summed E-state index contributed by atoms with van der Waals surface area (Å²) in [5.74, 6) is -0.0117. The van der Waals surface area contributed by atoms with Crippen molar-refractivity contribution < 1.29 is 14.6 Å². The summed E-state index contributed by atoms with van der Waals surface area (Å²) >= 11 is 0. The molecule has 5 heteroatoms.